The van der Waals surface area contributed by atoms with Crippen molar-refractivity contribution in [3.63, 3.8) is 0 Å². The Bertz CT molecular complexity index is 715. The maximum atomic E-state index is 13.0. The van der Waals surface area contributed by atoms with Crippen LogP contribution in [0.4, 0.5) is 4.39 Å². The van der Waals surface area contributed by atoms with Crippen LogP contribution in [0, 0.1) is 5.82 Å². The minimum Gasteiger partial charge on any atom is -0.352 e. The van der Waals surface area contributed by atoms with Crippen LogP contribution in [0.3, 0.4) is 0 Å². The molecule has 0 saturated heterocycles. The molecule has 0 saturated carbocycles. The van der Waals surface area contributed by atoms with Crippen molar-refractivity contribution < 1.29 is 9.18 Å². The lowest BCUT2D eigenvalue weighted by atomic mass is 10.2. The Morgan fingerprint density at radius 3 is 2.82 bits per heavy atom. The first kappa shape index (κ1) is 16.4. The quantitative estimate of drug-likeness (QED) is 0.799. The maximum absolute atomic E-state index is 13.0. The van der Waals surface area contributed by atoms with Crippen LogP contribution < -0.4 is 10.9 Å². The van der Waals surface area contributed by atoms with Crippen molar-refractivity contribution in [2.24, 2.45) is 0 Å². The van der Waals surface area contributed by atoms with E-state index in [2.05, 4.69) is 21.2 Å². The third-order valence-corrected chi connectivity index (χ3v) is 3.61. The molecule has 0 fully saturated rings. The molecule has 0 atom stereocenters. The minimum absolute atomic E-state index is 0.0491. The Labute approximate surface area is 136 Å². The fourth-order valence-electron chi connectivity index (χ4n) is 2.02. The summed E-state index contributed by atoms with van der Waals surface area (Å²) in [4.78, 5) is 23.4. The second-order valence-electron chi connectivity index (χ2n) is 4.85. The van der Waals surface area contributed by atoms with Crippen molar-refractivity contribution in [2.75, 3.05) is 6.54 Å². The van der Waals surface area contributed by atoms with E-state index in [0.717, 1.165) is 17.3 Å². The van der Waals surface area contributed by atoms with E-state index in [1.807, 2.05) is 0 Å². The molecule has 0 aliphatic rings. The van der Waals surface area contributed by atoms with Crippen LogP contribution >= 0.6 is 15.9 Å². The summed E-state index contributed by atoms with van der Waals surface area (Å²) in [6.07, 6.45) is 3.24. The highest BCUT2D eigenvalue weighted by atomic mass is 79.9. The number of unbranched alkanes of at least 4 members (excludes halogenated alkanes) is 1. The van der Waals surface area contributed by atoms with Gasteiger partial charge in [-0.1, -0.05) is 6.07 Å². The predicted octanol–water partition coefficient (Wildman–Crippen LogP) is 2.96. The van der Waals surface area contributed by atoms with Gasteiger partial charge in [0.05, 0.1) is 0 Å². The monoisotopic (exact) mass is 366 g/mol. The number of aryl methyl sites for hydroxylation is 1. The Hall–Kier alpha value is -1.95. The molecule has 0 radical (unpaired) electrons. The van der Waals surface area contributed by atoms with Gasteiger partial charge in [-0.2, -0.15) is 0 Å². The zero-order valence-electron chi connectivity index (χ0n) is 11.9. The van der Waals surface area contributed by atoms with Gasteiger partial charge in [0.15, 0.2) is 0 Å². The summed E-state index contributed by atoms with van der Waals surface area (Å²) in [5.74, 6) is -0.721. The average molecular weight is 367 g/mol. The third kappa shape index (κ3) is 4.80. The van der Waals surface area contributed by atoms with Crippen molar-refractivity contribution in [1.29, 1.82) is 0 Å². The zero-order valence-corrected chi connectivity index (χ0v) is 13.5. The van der Waals surface area contributed by atoms with Crippen LogP contribution in [0.5, 0.6) is 0 Å². The molecule has 2 aromatic rings. The van der Waals surface area contributed by atoms with Crippen LogP contribution in [0.1, 0.15) is 23.2 Å². The smallest absolute Gasteiger partial charge is 0.251 e. The number of benzene rings is 1. The van der Waals surface area contributed by atoms with E-state index in [1.54, 1.807) is 22.9 Å². The van der Waals surface area contributed by atoms with Crippen LogP contribution in [0.15, 0.2) is 51.9 Å². The molecule has 1 amide bonds. The van der Waals surface area contributed by atoms with Crippen molar-refractivity contribution in [3.8, 4) is 0 Å². The molecule has 116 valence electrons. The highest BCUT2D eigenvalue weighted by Crippen LogP contribution is 2.06. The Balaban J connectivity index is 1.74. The molecule has 1 aromatic heterocycles. The summed E-state index contributed by atoms with van der Waals surface area (Å²) in [6.45, 7) is 1.08. The average Bonchev–Trinajstić information content (AvgIpc) is 2.50. The van der Waals surface area contributed by atoms with Gasteiger partial charge in [0.1, 0.15) is 5.82 Å². The largest absolute Gasteiger partial charge is 0.352 e. The molecular weight excluding hydrogens is 351 g/mol. The lowest BCUT2D eigenvalue weighted by molar-refractivity contribution is 0.0952. The lowest BCUT2D eigenvalue weighted by Gasteiger charge is -2.07. The fraction of sp³-hybridized carbons (Fsp3) is 0.250. The summed E-state index contributed by atoms with van der Waals surface area (Å²) in [5, 5.41) is 2.74. The summed E-state index contributed by atoms with van der Waals surface area (Å²) in [5.41, 5.74) is 0.259. The topological polar surface area (TPSA) is 51.1 Å². The molecule has 2 rings (SSSR count). The number of carbonyl (C=O) groups is 1. The molecule has 4 nitrogen and oxygen atoms in total. The number of nitrogens with zero attached hydrogens (tertiary/aromatic N) is 1. The Kier molecular flexibility index (Phi) is 5.89. The van der Waals surface area contributed by atoms with Crippen molar-refractivity contribution >= 4 is 21.8 Å². The van der Waals surface area contributed by atoms with Gasteiger partial charge in [-0.15, -0.1) is 0 Å². The second-order valence-corrected chi connectivity index (χ2v) is 5.77. The predicted molar refractivity (Wildman–Crippen MR) is 86.4 cm³/mol. The standard InChI is InChI=1S/C16H16BrFN2O2/c17-13-6-7-15(21)20(11-13)9-2-1-8-19-16(22)12-4-3-5-14(18)10-12/h3-7,10-11H,1-2,8-9H2,(H,19,22). The molecule has 1 N–H and O–H groups in total. The first-order chi connectivity index (χ1) is 10.6. The van der Waals surface area contributed by atoms with E-state index < -0.39 is 5.82 Å². The van der Waals surface area contributed by atoms with Crippen molar-refractivity contribution in [2.45, 2.75) is 19.4 Å². The third-order valence-electron chi connectivity index (χ3n) is 3.15. The van der Waals surface area contributed by atoms with E-state index in [9.17, 15) is 14.0 Å². The first-order valence-electron chi connectivity index (χ1n) is 6.96. The number of halogens is 2. The zero-order chi connectivity index (χ0) is 15.9. The molecule has 1 aromatic carbocycles. The van der Waals surface area contributed by atoms with Crippen molar-refractivity contribution in [3.05, 3.63) is 68.8 Å². The second kappa shape index (κ2) is 7.89. The van der Waals surface area contributed by atoms with Gasteiger partial charge in [-0.05, 0) is 53.0 Å². The number of hydrogen-bond acceptors (Lipinski definition) is 2. The number of pyridine rings is 1. The Morgan fingerprint density at radius 2 is 2.05 bits per heavy atom. The highest BCUT2D eigenvalue weighted by molar-refractivity contribution is 9.10. The van der Waals surface area contributed by atoms with E-state index >= 15 is 0 Å². The minimum atomic E-state index is -0.429. The van der Waals surface area contributed by atoms with E-state index in [1.165, 1.54) is 24.3 Å². The molecule has 0 bridgehead atoms. The summed E-state index contributed by atoms with van der Waals surface area (Å²) < 4.78 is 15.5. The molecule has 0 spiro atoms. The number of nitrogens with one attached hydrogen (secondary N) is 1. The van der Waals surface area contributed by atoms with E-state index in [-0.39, 0.29) is 11.5 Å². The lowest BCUT2D eigenvalue weighted by Crippen LogP contribution is -2.25. The molecule has 6 heteroatoms. The SMILES string of the molecule is O=C(NCCCCn1cc(Br)ccc1=O)c1cccc(F)c1. The van der Waals surface area contributed by atoms with Gasteiger partial charge in [-0.3, -0.25) is 9.59 Å². The van der Waals surface area contributed by atoms with Crippen LogP contribution in [-0.4, -0.2) is 17.0 Å². The number of aromatic nitrogens is 1. The maximum Gasteiger partial charge on any atom is 0.251 e. The number of carbonyl (C=O) groups excluding carboxylic acids is 1. The summed E-state index contributed by atoms with van der Waals surface area (Å²) >= 11 is 3.32. The van der Waals surface area contributed by atoms with E-state index in [4.69, 9.17) is 0 Å². The van der Waals surface area contributed by atoms with Gasteiger partial charge in [-0.25, -0.2) is 4.39 Å². The molecule has 0 aliphatic carbocycles. The molecule has 0 aliphatic heterocycles. The van der Waals surface area contributed by atoms with E-state index in [0.29, 0.717) is 18.7 Å². The number of rotatable bonds is 6. The summed E-state index contributed by atoms with van der Waals surface area (Å²) in [6, 6.07) is 8.79. The number of hydrogen-bond donors (Lipinski definition) is 1. The van der Waals surface area contributed by atoms with Gasteiger partial charge in [0, 0.05) is 35.4 Å². The van der Waals surface area contributed by atoms with Crippen molar-refractivity contribution in [1.82, 2.24) is 9.88 Å². The molecule has 22 heavy (non-hydrogen) atoms. The fourth-order valence-corrected chi connectivity index (χ4v) is 2.40. The first-order valence-corrected chi connectivity index (χ1v) is 7.75. The Morgan fingerprint density at radius 1 is 1.23 bits per heavy atom. The van der Waals surface area contributed by atoms with Gasteiger partial charge < -0.3 is 9.88 Å². The van der Waals surface area contributed by atoms with Crippen LogP contribution in [0.25, 0.3) is 0 Å². The number of amides is 1. The molecule has 0 unspecified atom stereocenters. The van der Waals surface area contributed by atoms with Gasteiger partial charge in [0.2, 0.25) is 0 Å². The molecule has 1 heterocycles. The molecular formula is C16H16BrFN2O2. The van der Waals surface area contributed by atoms with Gasteiger partial charge >= 0.3 is 0 Å². The highest BCUT2D eigenvalue weighted by Gasteiger charge is 2.05. The summed E-state index contributed by atoms with van der Waals surface area (Å²) in [7, 11) is 0. The normalized spacial score (nSPS) is 10.5. The van der Waals surface area contributed by atoms with Gasteiger partial charge in [0.25, 0.3) is 11.5 Å². The van der Waals surface area contributed by atoms with Crippen LogP contribution in [0.2, 0.25) is 0 Å². The van der Waals surface area contributed by atoms with Crippen LogP contribution in [-0.2, 0) is 6.54 Å².